The lowest BCUT2D eigenvalue weighted by Gasteiger charge is -2.28. The molecule has 1 N–H and O–H groups in total. The molecule has 3 rings (SSSR count). The van der Waals surface area contributed by atoms with E-state index in [0.717, 1.165) is 0 Å². The Kier molecular flexibility index (Phi) is 4.00. The van der Waals surface area contributed by atoms with Gasteiger partial charge >= 0.3 is 0 Å². The third-order valence-electron chi connectivity index (χ3n) is 5.47. The van der Waals surface area contributed by atoms with Crippen molar-refractivity contribution >= 4 is 0 Å². The lowest BCUT2D eigenvalue weighted by atomic mass is 9.77. The number of nitrogens with one attached hydrogen (secondary N) is 1. The molecule has 2 aliphatic carbocycles. The van der Waals surface area contributed by atoms with Crippen LogP contribution in [0.25, 0.3) is 0 Å². The summed E-state index contributed by atoms with van der Waals surface area (Å²) in [5.41, 5.74) is 5.16. The fourth-order valence-electron chi connectivity index (χ4n) is 4.06. The highest BCUT2D eigenvalue weighted by molar-refractivity contribution is 5.32. The minimum atomic E-state index is 0.418. The summed E-state index contributed by atoms with van der Waals surface area (Å²) in [6.07, 6.45) is 16.7. The molecule has 1 saturated carbocycles. The third kappa shape index (κ3) is 2.90. The van der Waals surface area contributed by atoms with Gasteiger partial charge in [0.25, 0.3) is 0 Å². The molecule has 1 aromatic rings. The largest absolute Gasteiger partial charge is 0.362 e. The molecule has 0 atom stereocenters. The van der Waals surface area contributed by atoms with Gasteiger partial charge in [0.2, 0.25) is 0 Å². The standard InChI is InChI=1S/C18H29N/c1-18(12-8-4-2-3-5-9-13-18)17-14-15-10-6-7-11-16(15)19-17/h14,19H,2-13H2,1H3. The maximum atomic E-state index is 3.81. The molecule has 0 radical (unpaired) electrons. The quantitative estimate of drug-likeness (QED) is 0.705. The number of fused-ring (bicyclic) bond motifs is 1. The molecule has 1 aromatic heterocycles. The summed E-state index contributed by atoms with van der Waals surface area (Å²) in [6.45, 7) is 2.51. The molecule has 2 aliphatic rings. The fourth-order valence-corrected chi connectivity index (χ4v) is 4.06. The summed E-state index contributed by atoms with van der Waals surface area (Å²) in [6, 6.07) is 2.52. The molecular formula is C18H29N. The van der Waals surface area contributed by atoms with Crippen molar-refractivity contribution in [1.29, 1.82) is 0 Å². The summed E-state index contributed by atoms with van der Waals surface area (Å²) in [5.74, 6) is 0. The SMILES string of the molecule is CC1(c2cc3c([nH]2)CCCC3)CCCCCCCC1. The molecule has 0 unspecified atom stereocenters. The van der Waals surface area contributed by atoms with Gasteiger partial charge in [-0.15, -0.1) is 0 Å². The molecule has 19 heavy (non-hydrogen) atoms. The first-order valence-corrected chi connectivity index (χ1v) is 8.49. The molecule has 0 bridgehead atoms. The smallest absolute Gasteiger partial charge is 0.0212 e. The Balaban J connectivity index is 1.82. The highest BCUT2D eigenvalue weighted by Gasteiger charge is 2.29. The Morgan fingerprint density at radius 3 is 2.16 bits per heavy atom. The Labute approximate surface area is 118 Å². The molecule has 1 fully saturated rings. The van der Waals surface area contributed by atoms with Crippen molar-refractivity contribution < 1.29 is 0 Å². The van der Waals surface area contributed by atoms with Crippen LogP contribution < -0.4 is 0 Å². The van der Waals surface area contributed by atoms with Gasteiger partial charge in [0.15, 0.2) is 0 Å². The van der Waals surface area contributed by atoms with E-state index in [0.29, 0.717) is 5.41 Å². The van der Waals surface area contributed by atoms with E-state index in [4.69, 9.17) is 0 Å². The minimum Gasteiger partial charge on any atom is -0.362 e. The van der Waals surface area contributed by atoms with Crippen molar-refractivity contribution in [1.82, 2.24) is 4.98 Å². The predicted molar refractivity (Wildman–Crippen MR) is 81.7 cm³/mol. The molecule has 1 heteroatoms. The second-order valence-electron chi connectivity index (χ2n) is 7.08. The van der Waals surface area contributed by atoms with Crippen LogP contribution in [0.5, 0.6) is 0 Å². The average molecular weight is 259 g/mol. The average Bonchev–Trinajstić information content (AvgIpc) is 2.88. The number of rotatable bonds is 1. The number of H-pyrrole nitrogens is 1. The van der Waals surface area contributed by atoms with Crippen molar-refractivity contribution in [2.75, 3.05) is 0 Å². The Morgan fingerprint density at radius 1 is 0.842 bits per heavy atom. The number of aryl methyl sites for hydroxylation is 2. The maximum absolute atomic E-state index is 3.81. The highest BCUT2D eigenvalue weighted by atomic mass is 14.8. The molecule has 0 amide bonds. The molecule has 1 heterocycles. The van der Waals surface area contributed by atoms with Crippen LogP contribution in [0, 0.1) is 0 Å². The van der Waals surface area contributed by atoms with E-state index in [2.05, 4.69) is 18.0 Å². The van der Waals surface area contributed by atoms with Gasteiger partial charge in [-0.05, 0) is 50.2 Å². The van der Waals surface area contributed by atoms with E-state index >= 15 is 0 Å². The van der Waals surface area contributed by atoms with Crippen molar-refractivity contribution in [2.45, 2.75) is 89.4 Å². The van der Waals surface area contributed by atoms with E-state index in [9.17, 15) is 0 Å². The van der Waals surface area contributed by atoms with Gasteiger partial charge in [-0.1, -0.05) is 45.4 Å². The van der Waals surface area contributed by atoms with E-state index < -0.39 is 0 Å². The summed E-state index contributed by atoms with van der Waals surface area (Å²) >= 11 is 0. The van der Waals surface area contributed by atoms with Crippen LogP contribution >= 0.6 is 0 Å². The first-order valence-electron chi connectivity index (χ1n) is 8.49. The van der Waals surface area contributed by atoms with Gasteiger partial charge in [0, 0.05) is 16.8 Å². The van der Waals surface area contributed by atoms with E-state index in [1.165, 1.54) is 77.0 Å². The van der Waals surface area contributed by atoms with Gasteiger partial charge in [0.1, 0.15) is 0 Å². The fraction of sp³-hybridized carbons (Fsp3) is 0.778. The first-order chi connectivity index (χ1) is 9.28. The van der Waals surface area contributed by atoms with Crippen LogP contribution in [0.1, 0.15) is 88.1 Å². The van der Waals surface area contributed by atoms with Crippen LogP contribution in [-0.2, 0) is 18.3 Å². The van der Waals surface area contributed by atoms with Gasteiger partial charge in [-0.25, -0.2) is 0 Å². The zero-order chi connectivity index (χ0) is 13.1. The number of aromatic nitrogens is 1. The van der Waals surface area contributed by atoms with E-state index in [1.807, 2.05) is 0 Å². The van der Waals surface area contributed by atoms with Crippen LogP contribution in [-0.4, -0.2) is 4.98 Å². The van der Waals surface area contributed by atoms with Crippen LogP contribution in [0.2, 0.25) is 0 Å². The molecular weight excluding hydrogens is 230 g/mol. The molecule has 0 saturated heterocycles. The first kappa shape index (κ1) is 13.3. The van der Waals surface area contributed by atoms with Crippen molar-refractivity contribution in [3.63, 3.8) is 0 Å². The van der Waals surface area contributed by atoms with Crippen molar-refractivity contribution in [2.24, 2.45) is 0 Å². The van der Waals surface area contributed by atoms with E-state index in [1.54, 1.807) is 17.0 Å². The second-order valence-corrected chi connectivity index (χ2v) is 7.08. The maximum Gasteiger partial charge on any atom is 0.0212 e. The lowest BCUT2D eigenvalue weighted by molar-refractivity contribution is 0.372. The zero-order valence-corrected chi connectivity index (χ0v) is 12.6. The number of hydrogen-bond donors (Lipinski definition) is 1. The topological polar surface area (TPSA) is 15.8 Å². The van der Waals surface area contributed by atoms with Gasteiger partial charge in [-0.3, -0.25) is 0 Å². The highest BCUT2D eigenvalue weighted by Crippen LogP contribution is 2.38. The van der Waals surface area contributed by atoms with Crippen LogP contribution in [0.3, 0.4) is 0 Å². The van der Waals surface area contributed by atoms with Gasteiger partial charge in [-0.2, -0.15) is 0 Å². The predicted octanol–water partition coefficient (Wildman–Crippen LogP) is 5.29. The number of hydrogen-bond acceptors (Lipinski definition) is 0. The Hall–Kier alpha value is -0.720. The Bertz CT molecular complexity index is 382. The molecule has 0 spiro atoms. The summed E-state index contributed by atoms with van der Waals surface area (Å²) in [7, 11) is 0. The Morgan fingerprint density at radius 2 is 1.47 bits per heavy atom. The summed E-state index contributed by atoms with van der Waals surface area (Å²) in [4.78, 5) is 3.81. The van der Waals surface area contributed by atoms with E-state index in [-0.39, 0.29) is 0 Å². The molecule has 106 valence electrons. The monoisotopic (exact) mass is 259 g/mol. The van der Waals surface area contributed by atoms with Gasteiger partial charge in [0.05, 0.1) is 0 Å². The van der Waals surface area contributed by atoms with Crippen molar-refractivity contribution in [3.8, 4) is 0 Å². The summed E-state index contributed by atoms with van der Waals surface area (Å²) in [5, 5.41) is 0. The zero-order valence-electron chi connectivity index (χ0n) is 12.6. The second kappa shape index (κ2) is 5.73. The molecule has 0 aromatic carbocycles. The lowest BCUT2D eigenvalue weighted by Crippen LogP contribution is -2.22. The van der Waals surface area contributed by atoms with Gasteiger partial charge < -0.3 is 4.98 Å². The van der Waals surface area contributed by atoms with Crippen LogP contribution in [0.4, 0.5) is 0 Å². The normalized spacial score (nSPS) is 24.1. The summed E-state index contributed by atoms with van der Waals surface area (Å²) < 4.78 is 0. The van der Waals surface area contributed by atoms with Crippen LogP contribution in [0.15, 0.2) is 6.07 Å². The molecule has 0 aliphatic heterocycles. The van der Waals surface area contributed by atoms with Crippen molar-refractivity contribution in [3.05, 3.63) is 23.0 Å². The number of aromatic amines is 1. The minimum absolute atomic E-state index is 0.418. The third-order valence-corrected chi connectivity index (χ3v) is 5.47. The molecule has 1 nitrogen and oxygen atoms in total.